The molecule has 1 heterocycles. The number of fused-ring (bicyclic) bond motifs is 1. The van der Waals surface area contributed by atoms with Crippen LogP contribution in [-0.2, 0) is 28.6 Å². The van der Waals surface area contributed by atoms with Crippen molar-refractivity contribution >= 4 is 11.6 Å². The van der Waals surface area contributed by atoms with Crippen molar-refractivity contribution in [3.05, 3.63) is 161 Å². The number of halogens is 1. The minimum Gasteiger partial charge on any atom is -0.493 e. The van der Waals surface area contributed by atoms with Crippen molar-refractivity contribution in [3.8, 4) is 11.5 Å². The van der Waals surface area contributed by atoms with Gasteiger partial charge in [0.25, 0.3) is 0 Å². The smallest absolute Gasteiger partial charge is 0.220 e. The topological polar surface area (TPSA) is 85.6 Å². The molecule has 6 nitrogen and oxygen atoms in total. The summed E-state index contributed by atoms with van der Waals surface area (Å²) in [6.45, 7) is 1.41. The number of amides is 1. The average molecular weight is 700 g/mol. The van der Waals surface area contributed by atoms with Gasteiger partial charge in [-0.2, -0.15) is 0 Å². The van der Waals surface area contributed by atoms with Crippen LogP contribution in [0.25, 0.3) is 0 Å². The Balaban J connectivity index is 1.27. The van der Waals surface area contributed by atoms with Gasteiger partial charge >= 0.3 is 0 Å². The van der Waals surface area contributed by atoms with Crippen molar-refractivity contribution in [3.63, 3.8) is 0 Å². The second-order valence-electron chi connectivity index (χ2n) is 13.8. The van der Waals surface area contributed by atoms with Crippen molar-refractivity contribution < 1.29 is 18.7 Å². The summed E-state index contributed by atoms with van der Waals surface area (Å²) in [5.41, 5.74) is 13.3. The van der Waals surface area contributed by atoms with Gasteiger partial charge < -0.3 is 25.8 Å². The van der Waals surface area contributed by atoms with Gasteiger partial charge in [0.05, 0.1) is 19.8 Å². The quantitative estimate of drug-likeness (QED) is 0.0711. The maximum absolute atomic E-state index is 13.3. The number of nitrogens with two attached hydrogens (primary N) is 1. The van der Waals surface area contributed by atoms with Gasteiger partial charge in [-0.1, -0.05) is 84.9 Å². The monoisotopic (exact) mass is 699 g/mol. The van der Waals surface area contributed by atoms with E-state index in [0.717, 1.165) is 62.1 Å². The normalized spacial score (nSPS) is 15.4. The molecule has 1 amide bonds. The zero-order valence-corrected chi connectivity index (χ0v) is 30.3. The third-order valence-electron chi connectivity index (χ3n) is 10.8. The first-order chi connectivity index (χ1) is 25.4. The van der Waals surface area contributed by atoms with Gasteiger partial charge in [0.2, 0.25) is 5.91 Å². The molecule has 7 heteroatoms. The Bertz CT molecular complexity index is 1860. The fourth-order valence-electron chi connectivity index (χ4n) is 8.08. The lowest BCUT2D eigenvalue weighted by Gasteiger charge is -2.43. The Hall–Kier alpha value is -5.14. The summed E-state index contributed by atoms with van der Waals surface area (Å²) in [5.74, 6) is 1.19. The molecule has 0 fully saturated rings. The second kappa shape index (κ2) is 16.9. The van der Waals surface area contributed by atoms with E-state index in [0.29, 0.717) is 25.1 Å². The number of nitrogen functional groups attached to an aromatic ring is 1. The standard InChI is InChI=1S/C45H50FN3O3/c1-51-41-31-34-25-30-49-45(40(34)32-42(41)52-2,37-18-22-39(47)23-19-37)28-9-26-44(35-11-5-3-6-12-35,36-13-7-4-8-14-36)27-10-29-48-43(50)24-17-33-15-20-38(46)21-16-33/h3-8,11-16,18-23,31-32,49H,9-10,17,24-30,47H2,1-2H3,(H,48,50). The highest BCUT2D eigenvalue weighted by Crippen LogP contribution is 2.47. The summed E-state index contributed by atoms with van der Waals surface area (Å²) in [6.07, 6.45) is 6.18. The van der Waals surface area contributed by atoms with E-state index in [9.17, 15) is 9.18 Å². The van der Waals surface area contributed by atoms with E-state index < -0.39 is 5.54 Å². The maximum atomic E-state index is 13.3. The van der Waals surface area contributed by atoms with Crippen LogP contribution in [0.3, 0.4) is 0 Å². The molecule has 52 heavy (non-hydrogen) atoms. The van der Waals surface area contributed by atoms with Crippen LogP contribution in [0.1, 0.15) is 71.9 Å². The number of hydrogen-bond donors (Lipinski definition) is 3. The zero-order chi connectivity index (χ0) is 36.4. The number of aryl methyl sites for hydroxylation is 1. The third kappa shape index (κ3) is 8.16. The molecule has 5 aromatic carbocycles. The largest absolute Gasteiger partial charge is 0.493 e. The van der Waals surface area contributed by atoms with E-state index in [-0.39, 0.29) is 17.1 Å². The zero-order valence-electron chi connectivity index (χ0n) is 30.3. The van der Waals surface area contributed by atoms with Crippen molar-refractivity contribution in [2.24, 2.45) is 0 Å². The number of carbonyl (C=O) groups is 1. The summed E-state index contributed by atoms with van der Waals surface area (Å²) in [5, 5.41) is 7.12. The first-order valence-corrected chi connectivity index (χ1v) is 18.4. The van der Waals surface area contributed by atoms with E-state index in [1.54, 1.807) is 26.4 Å². The Labute approximate surface area is 307 Å². The Kier molecular flexibility index (Phi) is 11.9. The van der Waals surface area contributed by atoms with Gasteiger partial charge in [0, 0.05) is 30.6 Å². The molecular formula is C45H50FN3O3. The molecule has 4 N–H and O–H groups in total. The summed E-state index contributed by atoms with van der Waals surface area (Å²) in [4.78, 5) is 12.9. The maximum Gasteiger partial charge on any atom is 0.220 e. The van der Waals surface area contributed by atoms with Crippen LogP contribution in [0.2, 0.25) is 0 Å². The van der Waals surface area contributed by atoms with Gasteiger partial charge in [-0.25, -0.2) is 4.39 Å². The molecule has 1 aliphatic heterocycles. The number of hydrogen-bond acceptors (Lipinski definition) is 5. The Morgan fingerprint density at radius 1 is 0.827 bits per heavy atom. The average Bonchev–Trinajstić information content (AvgIpc) is 3.19. The van der Waals surface area contributed by atoms with E-state index in [1.165, 1.54) is 39.9 Å². The SMILES string of the molecule is COc1cc2c(cc1OC)C(CCCC(CCCNC(=O)CCc1ccc(F)cc1)(c1ccccc1)c1ccccc1)(c1ccc(N)cc1)NCC2. The molecular weight excluding hydrogens is 650 g/mol. The highest BCUT2D eigenvalue weighted by atomic mass is 19.1. The van der Waals surface area contributed by atoms with Gasteiger partial charge in [-0.05, 0) is 115 Å². The molecule has 0 saturated carbocycles. The molecule has 0 saturated heterocycles. The van der Waals surface area contributed by atoms with Crippen molar-refractivity contribution in [1.29, 1.82) is 0 Å². The minimum absolute atomic E-state index is 0.00823. The van der Waals surface area contributed by atoms with E-state index in [2.05, 4.69) is 95.6 Å². The van der Waals surface area contributed by atoms with Crippen LogP contribution >= 0.6 is 0 Å². The van der Waals surface area contributed by atoms with Crippen LogP contribution in [0, 0.1) is 5.82 Å². The van der Waals surface area contributed by atoms with Crippen molar-refractivity contribution in [1.82, 2.24) is 10.6 Å². The van der Waals surface area contributed by atoms with Gasteiger partial charge in [0.1, 0.15) is 5.82 Å². The molecule has 0 spiro atoms. The first kappa shape index (κ1) is 36.6. The third-order valence-corrected chi connectivity index (χ3v) is 10.8. The summed E-state index contributed by atoms with van der Waals surface area (Å²) in [7, 11) is 3.37. The van der Waals surface area contributed by atoms with E-state index >= 15 is 0 Å². The molecule has 0 aliphatic carbocycles. The number of carbonyl (C=O) groups excluding carboxylic acids is 1. The highest BCUT2D eigenvalue weighted by molar-refractivity contribution is 5.76. The predicted octanol–water partition coefficient (Wildman–Crippen LogP) is 8.50. The minimum atomic E-state index is -0.460. The molecule has 1 unspecified atom stereocenters. The van der Waals surface area contributed by atoms with E-state index in [4.69, 9.17) is 15.2 Å². The number of benzene rings is 5. The summed E-state index contributed by atoms with van der Waals surface area (Å²) >= 11 is 0. The fourth-order valence-corrected chi connectivity index (χ4v) is 8.08. The van der Waals surface area contributed by atoms with Crippen molar-refractivity contribution in [2.45, 2.75) is 62.3 Å². The predicted molar refractivity (Wildman–Crippen MR) is 207 cm³/mol. The first-order valence-electron chi connectivity index (χ1n) is 18.4. The van der Waals surface area contributed by atoms with Crippen LogP contribution in [0.15, 0.2) is 121 Å². The van der Waals surface area contributed by atoms with Gasteiger partial charge in [-0.15, -0.1) is 0 Å². The summed E-state index contributed by atoms with van der Waals surface area (Å²) < 4.78 is 24.9. The molecule has 0 aromatic heterocycles. The molecule has 0 bridgehead atoms. The van der Waals surface area contributed by atoms with Gasteiger partial charge in [0.15, 0.2) is 11.5 Å². The molecule has 5 aromatic rings. The van der Waals surface area contributed by atoms with Crippen LogP contribution in [0.4, 0.5) is 10.1 Å². The Morgan fingerprint density at radius 3 is 2.08 bits per heavy atom. The van der Waals surface area contributed by atoms with Crippen LogP contribution in [0.5, 0.6) is 11.5 Å². The molecule has 6 rings (SSSR count). The molecule has 270 valence electrons. The lowest BCUT2D eigenvalue weighted by Crippen LogP contribution is -2.48. The molecule has 1 atom stereocenters. The molecule has 0 radical (unpaired) electrons. The number of methoxy groups -OCH3 is 2. The van der Waals surface area contributed by atoms with Crippen molar-refractivity contribution in [2.75, 3.05) is 33.0 Å². The summed E-state index contributed by atoms with van der Waals surface area (Å²) in [6, 6.07) is 40.5. The number of ether oxygens (including phenoxy) is 2. The number of anilines is 1. The molecule has 1 aliphatic rings. The highest BCUT2D eigenvalue weighted by Gasteiger charge is 2.41. The van der Waals surface area contributed by atoms with Crippen LogP contribution in [-0.4, -0.2) is 33.2 Å². The fraction of sp³-hybridized carbons (Fsp3) is 0.311. The lowest BCUT2D eigenvalue weighted by molar-refractivity contribution is -0.121. The van der Waals surface area contributed by atoms with Gasteiger partial charge in [-0.3, -0.25) is 4.79 Å². The second-order valence-corrected chi connectivity index (χ2v) is 13.8. The Morgan fingerprint density at radius 2 is 1.44 bits per heavy atom. The number of rotatable bonds is 16. The van der Waals surface area contributed by atoms with Crippen LogP contribution < -0.4 is 25.8 Å². The van der Waals surface area contributed by atoms with E-state index in [1.807, 2.05) is 12.1 Å². The number of nitrogens with one attached hydrogen (secondary N) is 2. The lowest BCUT2D eigenvalue weighted by atomic mass is 9.66.